The highest BCUT2D eigenvalue weighted by atomic mass is 15.3. The van der Waals surface area contributed by atoms with Crippen molar-refractivity contribution in [2.24, 2.45) is 7.05 Å². The zero-order valence-electron chi connectivity index (χ0n) is 13.2. The number of anilines is 1. The first-order valence-corrected chi connectivity index (χ1v) is 7.70. The summed E-state index contributed by atoms with van der Waals surface area (Å²) in [4.78, 5) is 13.6. The first-order valence-electron chi connectivity index (χ1n) is 7.70. The van der Waals surface area contributed by atoms with Crippen molar-refractivity contribution in [3.8, 4) is 11.5 Å². The molecule has 1 N–H and O–H groups in total. The van der Waals surface area contributed by atoms with E-state index < -0.39 is 0 Å². The molecule has 6 nitrogen and oxygen atoms in total. The number of nitrogens with zero attached hydrogens (tertiary/aromatic N) is 5. The van der Waals surface area contributed by atoms with Crippen LogP contribution in [0.5, 0.6) is 0 Å². The molecule has 0 aliphatic carbocycles. The summed E-state index contributed by atoms with van der Waals surface area (Å²) in [7, 11) is 1.87. The summed E-state index contributed by atoms with van der Waals surface area (Å²) in [6, 6.07) is 15.9. The van der Waals surface area contributed by atoms with Gasteiger partial charge in [0.1, 0.15) is 11.5 Å². The Labute approximate surface area is 139 Å². The maximum atomic E-state index is 4.66. The lowest BCUT2D eigenvalue weighted by Crippen LogP contribution is -2.05. The van der Waals surface area contributed by atoms with Gasteiger partial charge in [0.25, 0.3) is 0 Å². The van der Waals surface area contributed by atoms with Crippen molar-refractivity contribution in [1.82, 2.24) is 24.7 Å². The maximum Gasteiger partial charge on any atom is 0.182 e. The molecule has 0 aliphatic rings. The Hall–Kier alpha value is -3.28. The first-order chi connectivity index (χ1) is 11.8. The summed E-state index contributed by atoms with van der Waals surface area (Å²) in [5.74, 6) is 1.35. The molecule has 0 saturated carbocycles. The fourth-order valence-corrected chi connectivity index (χ4v) is 2.55. The molecule has 0 spiro atoms. The fraction of sp³-hybridized carbons (Fsp3) is 0.111. The van der Waals surface area contributed by atoms with Crippen LogP contribution < -0.4 is 5.32 Å². The third-order valence-electron chi connectivity index (χ3n) is 3.79. The van der Waals surface area contributed by atoms with E-state index >= 15 is 0 Å². The Balaban J connectivity index is 1.76. The van der Waals surface area contributed by atoms with E-state index in [0.717, 1.165) is 22.5 Å². The molecule has 24 heavy (non-hydrogen) atoms. The van der Waals surface area contributed by atoms with E-state index in [9.17, 15) is 0 Å². The van der Waals surface area contributed by atoms with E-state index in [1.165, 1.54) is 5.56 Å². The molecule has 0 radical (unpaired) electrons. The molecular weight excluding hydrogens is 300 g/mol. The summed E-state index contributed by atoms with van der Waals surface area (Å²) in [6.07, 6.45) is 3.52. The molecule has 0 fully saturated rings. The minimum Gasteiger partial charge on any atom is -0.365 e. The van der Waals surface area contributed by atoms with Crippen LogP contribution in [0.1, 0.15) is 5.56 Å². The molecule has 0 atom stereocenters. The van der Waals surface area contributed by atoms with Gasteiger partial charge in [0.15, 0.2) is 11.5 Å². The summed E-state index contributed by atoms with van der Waals surface area (Å²) >= 11 is 0. The van der Waals surface area contributed by atoms with Crippen molar-refractivity contribution in [1.29, 1.82) is 0 Å². The largest absolute Gasteiger partial charge is 0.365 e. The van der Waals surface area contributed by atoms with Crippen LogP contribution in [0.15, 0.2) is 60.9 Å². The zero-order valence-corrected chi connectivity index (χ0v) is 13.2. The van der Waals surface area contributed by atoms with Gasteiger partial charge in [-0.1, -0.05) is 36.4 Å². The molecule has 4 aromatic rings. The van der Waals surface area contributed by atoms with E-state index in [1.807, 2.05) is 43.4 Å². The zero-order chi connectivity index (χ0) is 16.4. The molecule has 3 aromatic heterocycles. The number of nitrogens with one attached hydrogen (secondary N) is 1. The van der Waals surface area contributed by atoms with Gasteiger partial charge >= 0.3 is 0 Å². The average Bonchev–Trinajstić information content (AvgIpc) is 3.02. The number of hydrogen-bond acceptors (Lipinski definition) is 5. The number of pyridine rings is 1. The van der Waals surface area contributed by atoms with Gasteiger partial charge in [0.2, 0.25) is 0 Å². The topological polar surface area (TPSA) is 68.5 Å². The van der Waals surface area contributed by atoms with E-state index in [4.69, 9.17) is 0 Å². The Kier molecular flexibility index (Phi) is 3.63. The number of hydrogen-bond donors (Lipinski definition) is 1. The SMILES string of the molecule is Cn1ncc2c(NCc3ccccc3)nc(-c3ccccn3)nc21. The van der Waals surface area contributed by atoms with Gasteiger partial charge in [0.05, 0.1) is 11.6 Å². The normalized spacial score (nSPS) is 10.9. The monoisotopic (exact) mass is 316 g/mol. The molecule has 1 aromatic carbocycles. The number of aromatic nitrogens is 5. The van der Waals surface area contributed by atoms with Crippen LogP contribution >= 0.6 is 0 Å². The Bertz CT molecular complexity index is 963. The van der Waals surface area contributed by atoms with Crippen LogP contribution in [0.2, 0.25) is 0 Å². The molecule has 0 unspecified atom stereocenters. The Morgan fingerprint density at radius 1 is 1.00 bits per heavy atom. The smallest absolute Gasteiger partial charge is 0.182 e. The van der Waals surface area contributed by atoms with Gasteiger partial charge in [-0.15, -0.1) is 0 Å². The molecule has 118 valence electrons. The highest BCUT2D eigenvalue weighted by Crippen LogP contribution is 2.23. The van der Waals surface area contributed by atoms with Crippen LogP contribution in [0, 0.1) is 0 Å². The molecule has 6 heteroatoms. The van der Waals surface area contributed by atoms with Gasteiger partial charge < -0.3 is 5.32 Å². The van der Waals surface area contributed by atoms with Crippen LogP contribution in [0.3, 0.4) is 0 Å². The fourth-order valence-electron chi connectivity index (χ4n) is 2.55. The van der Waals surface area contributed by atoms with E-state index in [1.54, 1.807) is 17.1 Å². The first kappa shape index (κ1) is 14.3. The standard InChI is InChI=1S/C18H16N6/c1-24-18-14(12-21-24)16(20-11-13-7-3-2-4-8-13)22-17(23-18)15-9-5-6-10-19-15/h2-10,12H,11H2,1H3,(H,20,22,23). The molecular formula is C18H16N6. The number of fused-ring (bicyclic) bond motifs is 1. The predicted octanol–water partition coefficient (Wildman–Crippen LogP) is 3.04. The maximum absolute atomic E-state index is 4.66. The van der Waals surface area contributed by atoms with Crippen molar-refractivity contribution in [3.05, 3.63) is 66.5 Å². The van der Waals surface area contributed by atoms with Crippen LogP contribution in [0.25, 0.3) is 22.6 Å². The van der Waals surface area contributed by atoms with Crippen molar-refractivity contribution in [2.75, 3.05) is 5.32 Å². The minimum absolute atomic E-state index is 0.585. The van der Waals surface area contributed by atoms with Crippen molar-refractivity contribution in [3.63, 3.8) is 0 Å². The number of aryl methyl sites for hydroxylation is 1. The second-order valence-electron chi connectivity index (χ2n) is 5.46. The van der Waals surface area contributed by atoms with E-state index in [0.29, 0.717) is 12.4 Å². The van der Waals surface area contributed by atoms with Crippen molar-refractivity contribution >= 4 is 16.9 Å². The third kappa shape index (κ3) is 2.69. The van der Waals surface area contributed by atoms with Gasteiger partial charge in [-0.3, -0.25) is 9.67 Å². The summed E-state index contributed by atoms with van der Waals surface area (Å²) in [5.41, 5.74) is 2.71. The number of rotatable bonds is 4. The van der Waals surface area contributed by atoms with Gasteiger partial charge in [-0.2, -0.15) is 5.10 Å². The number of benzene rings is 1. The van der Waals surface area contributed by atoms with Crippen LogP contribution in [-0.2, 0) is 13.6 Å². The molecule has 0 bridgehead atoms. The Morgan fingerprint density at radius 3 is 2.62 bits per heavy atom. The second kappa shape index (κ2) is 6.08. The Morgan fingerprint density at radius 2 is 1.83 bits per heavy atom. The average molecular weight is 316 g/mol. The van der Waals surface area contributed by atoms with Crippen LogP contribution in [-0.4, -0.2) is 24.7 Å². The van der Waals surface area contributed by atoms with Gasteiger partial charge in [0, 0.05) is 19.8 Å². The summed E-state index contributed by atoms with van der Waals surface area (Å²) in [5, 5.41) is 8.59. The lowest BCUT2D eigenvalue weighted by molar-refractivity contribution is 0.785. The van der Waals surface area contributed by atoms with E-state index in [2.05, 4.69) is 37.5 Å². The highest BCUT2D eigenvalue weighted by molar-refractivity contribution is 5.87. The van der Waals surface area contributed by atoms with Gasteiger partial charge in [-0.05, 0) is 17.7 Å². The molecule has 3 heterocycles. The lowest BCUT2D eigenvalue weighted by atomic mass is 10.2. The lowest BCUT2D eigenvalue weighted by Gasteiger charge is -2.09. The third-order valence-corrected chi connectivity index (χ3v) is 3.79. The molecule has 0 amide bonds. The molecule has 4 rings (SSSR count). The predicted molar refractivity (Wildman–Crippen MR) is 93.3 cm³/mol. The second-order valence-corrected chi connectivity index (χ2v) is 5.46. The minimum atomic E-state index is 0.585. The van der Waals surface area contributed by atoms with E-state index in [-0.39, 0.29) is 0 Å². The summed E-state index contributed by atoms with van der Waals surface area (Å²) < 4.78 is 1.75. The quantitative estimate of drug-likeness (QED) is 0.627. The molecule has 0 saturated heterocycles. The van der Waals surface area contributed by atoms with Crippen LogP contribution in [0.4, 0.5) is 5.82 Å². The van der Waals surface area contributed by atoms with Crippen molar-refractivity contribution < 1.29 is 0 Å². The van der Waals surface area contributed by atoms with Crippen molar-refractivity contribution in [2.45, 2.75) is 6.54 Å². The highest BCUT2D eigenvalue weighted by Gasteiger charge is 2.13. The molecule has 0 aliphatic heterocycles. The van der Waals surface area contributed by atoms with Gasteiger partial charge in [-0.25, -0.2) is 9.97 Å². The summed E-state index contributed by atoms with van der Waals surface area (Å²) in [6.45, 7) is 0.684.